The minimum absolute atomic E-state index is 0.0144. The third-order valence-corrected chi connectivity index (χ3v) is 2.02. The lowest BCUT2D eigenvalue weighted by Gasteiger charge is -2.25. The minimum Gasteiger partial charge on any atom is -0.481 e. The highest BCUT2D eigenvalue weighted by atomic mass is 16.5. The molecule has 76 valence electrons. The van der Waals surface area contributed by atoms with E-state index in [2.05, 4.69) is 0 Å². The Labute approximate surface area is 76.0 Å². The van der Waals surface area contributed by atoms with Crippen molar-refractivity contribution in [3.05, 3.63) is 0 Å². The van der Waals surface area contributed by atoms with Gasteiger partial charge in [0.1, 0.15) is 6.42 Å². The number of carbonyl (C=O) groups is 2. The Morgan fingerprint density at radius 2 is 1.85 bits per heavy atom. The van der Waals surface area contributed by atoms with Gasteiger partial charge in [0, 0.05) is 0 Å². The molecule has 5 nitrogen and oxygen atoms in total. The van der Waals surface area contributed by atoms with Crippen LogP contribution in [-0.4, -0.2) is 32.9 Å². The van der Waals surface area contributed by atoms with Crippen molar-refractivity contribution >= 4 is 11.8 Å². The molecule has 0 heterocycles. The third kappa shape index (κ3) is 3.52. The van der Waals surface area contributed by atoms with Crippen molar-refractivity contribution in [3.8, 4) is 0 Å². The lowest BCUT2D eigenvalue weighted by Crippen LogP contribution is -2.40. The maximum Gasteiger partial charge on any atom is 0.310 e. The van der Waals surface area contributed by atoms with E-state index in [1.54, 1.807) is 0 Å². The number of aliphatic hydroxyl groups is 2. The van der Waals surface area contributed by atoms with Crippen LogP contribution in [0.2, 0.25) is 0 Å². The lowest BCUT2D eigenvalue weighted by atomic mass is 9.92. The first-order valence-electron chi connectivity index (χ1n) is 4.00. The molecule has 0 aromatic heterocycles. The van der Waals surface area contributed by atoms with Gasteiger partial charge in [-0.3, -0.25) is 9.59 Å². The molecule has 0 aromatic rings. The maximum atomic E-state index is 11.1. The van der Waals surface area contributed by atoms with E-state index >= 15 is 0 Å². The first-order chi connectivity index (χ1) is 5.81. The fourth-order valence-corrected chi connectivity index (χ4v) is 0.866. The summed E-state index contributed by atoms with van der Waals surface area (Å²) < 4.78 is 0. The molecule has 3 N–H and O–H groups in total. The fourth-order valence-electron chi connectivity index (χ4n) is 0.866. The monoisotopic (exact) mass is 190 g/mol. The van der Waals surface area contributed by atoms with Crippen LogP contribution in [0.4, 0.5) is 0 Å². The molecule has 0 aliphatic rings. The van der Waals surface area contributed by atoms with Crippen molar-refractivity contribution in [2.24, 2.45) is 5.92 Å². The molecule has 0 saturated heterocycles. The van der Waals surface area contributed by atoms with Gasteiger partial charge in [-0.25, -0.2) is 0 Å². The Hall–Kier alpha value is -0.940. The van der Waals surface area contributed by atoms with Crippen LogP contribution in [0.1, 0.15) is 26.7 Å². The largest absolute Gasteiger partial charge is 0.481 e. The summed E-state index contributed by atoms with van der Waals surface area (Å²) in [7, 11) is 0. The van der Waals surface area contributed by atoms with Crippen molar-refractivity contribution in [2.75, 3.05) is 0 Å². The van der Waals surface area contributed by atoms with Crippen LogP contribution in [0.5, 0.6) is 0 Å². The van der Waals surface area contributed by atoms with Crippen molar-refractivity contribution in [2.45, 2.75) is 32.5 Å². The maximum absolute atomic E-state index is 11.1. The zero-order chi connectivity index (χ0) is 10.6. The number of carboxylic acid groups (broad SMARTS) is 1. The topological polar surface area (TPSA) is 94.8 Å². The first kappa shape index (κ1) is 12.1. The van der Waals surface area contributed by atoms with E-state index in [1.165, 1.54) is 13.8 Å². The predicted octanol–water partition coefficient (Wildman–Crippen LogP) is -0.243. The van der Waals surface area contributed by atoms with Crippen LogP contribution in [-0.2, 0) is 9.59 Å². The number of carbonyl (C=O) groups excluding carboxylic acids is 1. The highest BCUT2D eigenvalue weighted by Crippen LogP contribution is 2.19. The molecule has 0 rings (SSSR count). The van der Waals surface area contributed by atoms with Gasteiger partial charge in [-0.1, -0.05) is 13.8 Å². The Kier molecular flexibility index (Phi) is 4.03. The molecule has 1 atom stereocenters. The van der Waals surface area contributed by atoms with Crippen molar-refractivity contribution in [3.63, 3.8) is 0 Å². The lowest BCUT2D eigenvalue weighted by molar-refractivity contribution is -0.198. The van der Waals surface area contributed by atoms with Gasteiger partial charge in [0.2, 0.25) is 0 Å². The van der Waals surface area contributed by atoms with Crippen molar-refractivity contribution in [1.29, 1.82) is 0 Å². The molecule has 0 bridgehead atoms. The van der Waals surface area contributed by atoms with Crippen molar-refractivity contribution in [1.82, 2.24) is 0 Å². The normalized spacial score (nSPS) is 13.8. The zero-order valence-electron chi connectivity index (χ0n) is 7.65. The highest BCUT2D eigenvalue weighted by molar-refractivity contribution is 5.96. The van der Waals surface area contributed by atoms with Gasteiger partial charge in [-0.05, 0) is 6.42 Å². The fraction of sp³-hybridized carbons (Fsp3) is 0.750. The Morgan fingerprint density at radius 1 is 1.38 bits per heavy atom. The van der Waals surface area contributed by atoms with Crippen LogP contribution in [0.3, 0.4) is 0 Å². The molecule has 0 radical (unpaired) electrons. The van der Waals surface area contributed by atoms with E-state index in [1.807, 2.05) is 0 Å². The van der Waals surface area contributed by atoms with E-state index in [9.17, 15) is 19.8 Å². The van der Waals surface area contributed by atoms with Gasteiger partial charge in [-0.2, -0.15) is 0 Å². The molecular weight excluding hydrogens is 176 g/mol. The van der Waals surface area contributed by atoms with Gasteiger partial charge < -0.3 is 15.3 Å². The molecule has 0 aromatic carbocycles. The van der Waals surface area contributed by atoms with Crippen LogP contribution in [0, 0.1) is 5.92 Å². The van der Waals surface area contributed by atoms with E-state index < -0.39 is 29.9 Å². The Balaban J connectivity index is 4.33. The van der Waals surface area contributed by atoms with Gasteiger partial charge in [0.25, 0.3) is 0 Å². The summed E-state index contributed by atoms with van der Waals surface area (Å²) in [6.07, 6.45) is -0.691. The summed E-state index contributed by atoms with van der Waals surface area (Å²) in [6, 6.07) is 0. The van der Waals surface area contributed by atoms with Gasteiger partial charge >= 0.3 is 5.97 Å². The number of carboxylic acids is 1. The van der Waals surface area contributed by atoms with Crippen LogP contribution >= 0.6 is 0 Å². The number of ketones is 1. The smallest absolute Gasteiger partial charge is 0.310 e. The number of hydrogen-bond donors (Lipinski definition) is 3. The second-order valence-corrected chi connectivity index (χ2v) is 2.99. The summed E-state index contributed by atoms with van der Waals surface area (Å²) >= 11 is 0. The van der Waals surface area contributed by atoms with Crippen LogP contribution < -0.4 is 0 Å². The first-order valence-corrected chi connectivity index (χ1v) is 4.00. The summed E-state index contributed by atoms with van der Waals surface area (Å²) in [4.78, 5) is 21.2. The number of hydrogen-bond acceptors (Lipinski definition) is 4. The minimum atomic E-state index is -2.10. The third-order valence-electron chi connectivity index (χ3n) is 2.02. The van der Waals surface area contributed by atoms with E-state index in [4.69, 9.17) is 5.11 Å². The average Bonchev–Trinajstić information content (AvgIpc) is 2.01. The predicted molar refractivity (Wildman–Crippen MR) is 43.9 cm³/mol. The van der Waals surface area contributed by atoms with E-state index in [0.29, 0.717) is 0 Å². The molecule has 0 saturated carbocycles. The van der Waals surface area contributed by atoms with Crippen LogP contribution in [0.25, 0.3) is 0 Å². The standard InChI is InChI=1S/C8H14O5/c1-3-8(12,13)5(2)6(9)4-7(10)11/h5,12-13H,3-4H2,1-2H3,(H,10,11). The molecule has 1 unspecified atom stereocenters. The van der Waals surface area contributed by atoms with E-state index in [-0.39, 0.29) is 6.42 Å². The molecule has 0 fully saturated rings. The zero-order valence-corrected chi connectivity index (χ0v) is 7.65. The van der Waals surface area contributed by atoms with Gasteiger partial charge in [0.15, 0.2) is 11.6 Å². The SMILES string of the molecule is CCC(O)(O)C(C)C(=O)CC(=O)O. The summed E-state index contributed by atoms with van der Waals surface area (Å²) in [5.74, 6) is -5.12. The molecule has 0 spiro atoms. The number of Topliss-reactive ketones (excluding diaryl/α,β-unsaturated/α-hetero) is 1. The molecule has 0 amide bonds. The Morgan fingerprint density at radius 3 is 2.15 bits per heavy atom. The Bertz CT molecular complexity index is 209. The molecule has 5 heteroatoms. The second-order valence-electron chi connectivity index (χ2n) is 2.99. The van der Waals surface area contributed by atoms with Crippen LogP contribution in [0.15, 0.2) is 0 Å². The highest BCUT2D eigenvalue weighted by Gasteiger charge is 2.34. The molecular formula is C8H14O5. The van der Waals surface area contributed by atoms with Gasteiger partial charge in [0.05, 0.1) is 5.92 Å². The average molecular weight is 190 g/mol. The summed E-state index contributed by atoms with van der Waals surface area (Å²) in [6.45, 7) is 2.80. The van der Waals surface area contributed by atoms with Crippen molar-refractivity contribution < 1.29 is 24.9 Å². The molecule has 0 aliphatic heterocycles. The number of rotatable bonds is 5. The second kappa shape index (κ2) is 4.34. The quantitative estimate of drug-likeness (QED) is 0.410. The summed E-state index contributed by atoms with van der Waals surface area (Å²) in [5.41, 5.74) is 0. The summed E-state index contributed by atoms with van der Waals surface area (Å²) in [5, 5.41) is 26.7. The molecule has 0 aliphatic carbocycles. The number of aliphatic carboxylic acids is 1. The molecule has 13 heavy (non-hydrogen) atoms. The van der Waals surface area contributed by atoms with E-state index in [0.717, 1.165) is 0 Å². The van der Waals surface area contributed by atoms with Gasteiger partial charge in [-0.15, -0.1) is 0 Å².